The van der Waals surface area contributed by atoms with E-state index in [2.05, 4.69) is 5.32 Å². The van der Waals surface area contributed by atoms with E-state index in [-0.39, 0.29) is 4.21 Å². The number of halogens is 1. The number of methoxy groups -OCH3 is 1. The van der Waals surface area contributed by atoms with Crippen molar-refractivity contribution in [2.75, 3.05) is 37.0 Å². The van der Waals surface area contributed by atoms with Gasteiger partial charge in [0.05, 0.1) is 17.8 Å². The van der Waals surface area contributed by atoms with E-state index < -0.39 is 35.1 Å². The van der Waals surface area contributed by atoms with Crippen molar-refractivity contribution in [3.8, 4) is 11.5 Å². The third-order valence-electron chi connectivity index (χ3n) is 4.47. The summed E-state index contributed by atoms with van der Waals surface area (Å²) in [6.45, 7) is -0.930. The van der Waals surface area contributed by atoms with Crippen LogP contribution in [-0.4, -0.2) is 47.7 Å². The summed E-state index contributed by atoms with van der Waals surface area (Å²) in [5, 5.41) is 4.57. The molecular weight excluding hydrogens is 504 g/mol. The zero-order valence-corrected chi connectivity index (χ0v) is 20.6. The summed E-state index contributed by atoms with van der Waals surface area (Å²) in [5.41, 5.74) is 0.855. The topological polar surface area (TPSA) is 111 Å². The Bertz CT molecular complexity index is 1250. The van der Waals surface area contributed by atoms with Gasteiger partial charge in [0.25, 0.3) is 15.9 Å². The summed E-state index contributed by atoms with van der Waals surface area (Å²) in [5.74, 6) is -0.495. The molecule has 1 N–H and O–H groups in total. The van der Waals surface area contributed by atoms with Crippen molar-refractivity contribution in [3.05, 3.63) is 65.0 Å². The molecule has 0 aliphatic heterocycles. The van der Waals surface area contributed by atoms with Gasteiger partial charge < -0.3 is 19.5 Å². The highest BCUT2D eigenvalue weighted by Gasteiger charge is 2.22. The summed E-state index contributed by atoms with van der Waals surface area (Å²) in [6, 6.07) is 14.1. The van der Waals surface area contributed by atoms with Crippen LogP contribution >= 0.6 is 22.9 Å². The van der Waals surface area contributed by atoms with Crippen molar-refractivity contribution in [1.82, 2.24) is 0 Å². The van der Waals surface area contributed by atoms with E-state index in [1.165, 1.54) is 38.4 Å². The van der Waals surface area contributed by atoms with Gasteiger partial charge in [-0.2, -0.15) is 0 Å². The molecule has 12 heteroatoms. The second kappa shape index (κ2) is 11.2. The van der Waals surface area contributed by atoms with E-state index in [0.717, 1.165) is 15.6 Å². The van der Waals surface area contributed by atoms with Crippen molar-refractivity contribution in [1.29, 1.82) is 0 Å². The van der Waals surface area contributed by atoms with Crippen LogP contribution in [0.1, 0.15) is 0 Å². The zero-order chi connectivity index (χ0) is 24.7. The van der Waals surface area contributed by atoms with Gasteiger partial charge in [0, 0.05) is 12.7 Å². The van der Waals surface area contributed by atoms with Crippen molar-refractivity contribution in [2.24, 2.45) is 0 Å². The van der Waals surface area contributed by atoms with Crippen molar-refractivity contribution in [3.63, 3.8) is 0 Å². The van der Waals surface area contributed by atoms with Crippen molar-refractivity contribution >= 4 is 56.2 Å². The normalized spacial score (nSPS) is 10.9. The molecule has 0 atom stereocenters. The van der Waals surface area contributed by atoms with Crippen LogP contribution < -0.4 is 19.1 Å². The van der Waals surface area contributed by atoms with Crippen LogP contribution in [0.25, 0.3) is 0 Å². The number of nitrogens with one attached hydrogen (secondary N) is 1. The first-order chi connectivity index (χ1) is 16.2. The fourth-order valence-electron chi connectivity index (χ4n) is 2.71. The quantitative estimate of drug-likeness (QED) is 0.401. The summed E-state index contributed by atoms with van der Waals surface area (Å²) in [4.78, 5) is 23.9. The lowest BCUT2D eigenvalue weighted by Crippen LogP contribution is -2.25. The monoisotopic (exact) mass is 524 g/mol. The minimum absolute atomic E-state index is 0.234. The van der Waals surface area contributed by atoms with Crippen molar-refractivity contribution in [2.45, 2.75) is 4.21 Å². The third-order valence-corrected chi connectivity index (χ3v) is 7.92. The number of nitrogens with zero attached hydrogens (tertiary/aromatic N) is 1. The fourth-order valence-corrected chi connectivity index (χ4v) is 5.32. The molecule has 34 heavy (non-hydrogen) atoms. The number of thiophene rings is 1. The minimum atomic E-state index is -3.65. The first kappa shape index (κ1) is 25.3. The van der Waals surface area contributed by atoms with Crippen LogP contribution in [0.5, 0.6) is 11.5 Å². The van der Waals surface area contributed by atoms with Gasteiger partial charge in [-0.3, -0.25) is 9.10 Å². The van der Waals surface area contributed by atoms with E-state index in [4.69, 9.17) is 25.8 Å². The molecule has 0 unspecified atom stereocenters. The van der Waals surface area contributed by atoms with Gasteiger partial charge in [-0.25, -0.2) is 13.2 Å². The Hall–Kier alpha value is -3.28. The molecule has 9 nitrogen and oxygen atoms in total. The number of benzene rings is 2. The van der Waals surface area contributed by atoms with E-state index >= 15 is 0 Å². The molecule has 0 bridgehead atoms. The standard InChI is InChI=1S/C22H21ClN2O7S2/c1-25(34(28,29)22-4-3-11-33-22)16-6-8-17(9-7-16)31-14-21(27)32-13-20(26)24-15-5-10-19(30-2)18(23)12-15/h3-12H,13-14H2,1-2H3,(H,24,26). The molecule has 0 spiro atoms. The number of esters is 1. The maximum absolute atomic E-state index is 12.6. The Kier molecular flexibility index (Phi) is 8.37. The molecule has 180 valence electrons. The van der Waals surface area contributed by atoms with Crippen LogP contribution in [-0.2, 0) is 24.3 Å². The van der Waals surface area contributed by atoms with E-state index in [1.807, 2.05) is 0 Å². The van der Waals surface area contributed by atoms with Gasteiger partial charge in [-0.1, -0.05) is 17.7 Å². The summed E-state index contributed by atoms with van der Waals surface area (Å²) in [6.07, 6.45) is 0. The van der Waals surface area contributed by atoms with E-state index in [1.54, 1.807) is 35.7 Å². The Balaban J connectivity index is 1.46. The lowest BCUT2D eigenvalue weighted by atomic mass is 10.3. The van der Waals surface area contributed by atoms with Gasteiger partial charge in [-0.15, -0.1) is 11.3 Å². The molecule has 2 aromatic carbocycles. The average molecular weight is 525 g/mol. The first-order valence-electron chi connectivity index (χ1n) is 9.75. The van der Waals surface area contributed by atoms with Gasteiger partial charge >= 0.3 is 5.97 Å². The van der Waals surface area contributed by atoms with Gasteiger partial charge in [0.15, 0.2) is 13.2 Å². The Morgan fingerprint density at radius 3 is 2.44 bits per heavy atom. The minimum Gasteiger partial charge on any atom is -0.495 e. The molecule has 3 aromatic rings. The third kappa shape index (κ3) is 6.40. The predicted octanol–water partition coefficient (Wildman–Crippen LogP) is 3.80. The largest absolute Gasteiger partial charge is 0.495 e. The SMILES string of the molecule is COc1ccc(NC(=O)COC(=O)COc2ccc(N(C)S(=O)(=O)c3cccs3)cc2)cc1Cl. The maximum Gasteiger partial charge on any atom is 0.344 e. The number of anilines is 2. The van der Waals surface area contributed by atoms with Gasteiger partial charge in [0.1, 0.15) is 15.7 Å². The highest BCUT2D eigenvalue weighted by atomic mass is 35.5. The molecule has 1 heterocycles. The van der Waals surface area contributed by atoms with Crippen LogP contribution in [0.2, 0.25) is 5.02 Å². The smallest absolute Gasteiger partial charge is 0.344 e. The molecule has 0 saturated carbocycles. The Morgan fingerprint density at radius 2 is 1.82 bits per heavy atom. The van der Waals surface area contributed by atoms with Crippen LogP contribution in [0.3, 0.4) is 0 Å². The fraction of sp³-hybridized carbons (Fsp3) is 0.182. The maximum atomic E-state index is 12.6. The number of carbonyl (C=O) groups is 2. The number of ether oxygens (including phenoxy) is 3. The van der Waals surface area contributed by atoms with Crippen molar-refractivity contribution < 1.29 is 32.2 Å². The summed E-state index contributed by atoms with van der Waals surface area (Å²) in [7, 11) is -0.718. The van der Waals surface area contributed by atoms with Crippen LogP contribution in [0.4, 0.5) is 11.4 Å². The average Bonchev–Trinajstić information content (AvgIpc) is 3.37. The molecular formula is C22H21ClN2O7S2. The van der Waals surface area contributed by atoms with Crippen LogP contribution in [0.15, 0.2) is 64.2 Å². The molecule has 0 aliphatic carbocycles. The van der Waals surface area contributed by atoms with E-state index in [0.29, 0.717) is 27.9 Å². The number of carbonyl (C=O) groups excluding carboxylic acids is 2. The molecule has 0 fully saturated rings. The molecule has 1 amide bonds. The lowest BCUT2D eigenvalue weighted by molar-refractivity contribution is -0.149. The zero-order valence-electron chi connectivity index (χ0n) is 18.2. The Morgan fingerprint density at radius 1 is 1.09 bits per heavy atom. The first-order valence-corrected chi connectivity index (χ1v) is 12.4. The molecule has 0 saturated heterocycles. The van der Waals surface area contributed by atoms with Gasteiger partial charge in [0.2, 0.25) is 0 Å². The molecule has 0 radical (unpaired) electrons. The highest BCUT2D eigenvalue weighted by molar-refractivity contribution is 7.94. The molecule has 1 aromatic heterocycles. The second-order valence-electron chi connectivity index (χ2n) is 6.75. The second-order valence-corrected chi connectivity index (χ2v) is 10.3. The Labute approximate surface area is 205 Å². The highest BCUT2D eigenvalue weighted by Crippen LogP contribution is 2.28. The number of amides is 1. The summed E-state index contributed by atoms with van der Waals surface area (Å²) < 4.78 is 41.8. The number of sulfonamides is 1. The van der Waals surface area contributed by atoms with E-state index in [9.17, 15) is 18.0 Å². The van der Waals surface area contributed by atoms with Crippen LogP contribution in [0, 0.1) is 0 Å². The lowest BCUT2D eigenvalue weighted by Gasteiger charge is -2.18. The number of rotatable bonds is 10. The number of hydrogen-bond acceptors (Lipinski definition) is 8. The molecule has 0 aliphatic rings. The summed E-state index contributed by atoms with van der Waals surface area (Å²) >= 11 is 7.13. The molecule has 3 rings (SSSR count). The number of hydrogen-bond donors (Lipinski definition) is 1. The van der Waals surface area contributed by atoms with Gasteiger partial charge in [-0.05, 0) is 53.9 Å². The predicted molar refractivity (Wildman–Crippen MR) is 129 cm³/mol.